The van der Waals surface area contributed by atoms with Crippen molar-refractivity contribution in [1.82, 2.24) is 14.9 Å². The Morgan fingerprint density at radius 3 is 2.58 bits per heavy atom. The second-order valence-electron chi connectivity index (χ2n) is 7.10. The fraction of sp³-hybridized carbons (Fsp3) is 0.208. The minimum atomic E-state index is -0.395. The summed E-state index contributed by atoms with van der Waals surface area (Å²) in [4.78, 5) is 30.2. The van der Waals surface area contributed by atoms with Gasteiger partial charge in [-0.3, -0.25) is 14.2 Å². The Morgan fingerprint density at radius 1 is 1.06 bits per heavy atom. The highest BCUT2D eigenvalue weighted by atomic mass is 32.1. The Morgan fingerprint density at radius 2 is 1.84 bits per heavy atom. The van der Waals surface area contributed by atoms with Crippen LogP contribution in [0, 0.1) is 0 Å². The van der Waals surface area contributed by atoms with Crippen molar-refractivity contribution in [3.05, 3.63) is 82.8 Å². The first kappa shape index (κ1) is 20.8. The normalized spacial score (nSPS) is 11.9. The molecule has 0 saturated carbocycles. The molecule has 0 aliphatic heterocycles. The van der Waals surface area contributed by atoms with Crippen molar-refractivity contribution < 1.29 is 14.3 Å². The van der Waals surface area contributed by atoms with Gasteiger partial charge >= 0.3 is 5.97 Å². The number of hydrogen-bond donors (Lipinski definition) is 1. The summed E-state index contributed by atoms with van der Waals surface area (Å²) < 4.78 is 6.88. The molecule has 2 aromatic heterocycles. The summed E-state index contributed by atoms with van der Waals surface area (Å²) in [6.45, 7) is 0. The molecule has 0 spiro atoms. The van der Waals surface area contributed by atoms with Crippen LogP contribution in [0.1, 0.15) is 29.6 Å². The lowest BCUT2D eigenvalue weighted by Gasteiger charge is -2.16. The highest BCUT2D eigenvalue weighted by Gasteiger charge is 2.20. The second-order valence-corrected chi connectivity index (χ2v) is 8.08. The first-order valence-electron chi connectivity index (χ1n) is 10.1. The van der Waals surface area contributed by atoms with Crippen LogP contribution in [0.3, 0.4) is 0 Å². The first-order chi connectivity index (χ1) is 15.2. The maximum absolute atomic E-state index is 12.8. The number of carbonyl (C=O) groups is 2. The van der Waals surface area contributed by atoms with Gasteiger partial charge in [0, 0.05) is 23.4 Å². The molecule has 1 N–H and O–H groups in total. The quantitative estimate of drug-likeness (QED) is 0.417. The van der Waals surface area contributed by atoms with E-state index >= 15 is 0 Å². The summed E-state index contributed by atoms with van der Waals surface area (Å²) in [6, 6.07) is 21.4. The van der Waals surface area contributed by atoms with E-state index in [0.717, 1.165) is 27.4 Å². The van der Waals surface area contributed by atoms with Gasteiger partial charge in [0.1, 0.15) is 5.82 Å². The average molecular weight is 434 g/mol. The number of aromatic nitrogens is 2. The lowest BCUT2D eigenvalue weighted by Crippen LogP contribution is -2.30. The van der Waals surface area contributed by atoms with Gasteiger partial charge in [0.05, 0.1) is 30.6 Å². The Labute approximate surface area is 184 Å². The smallest absolute Gasteiger partial charge is 0.307 e. The topological polar surface area (TPSA) is 73.2 Å². The van der Waals surface area contributed by atoms with E-state index in [2.05, 4.69) is 9.88 Å². The Bertz CT molecular complexity index is 1170. The zero-order chi connectivity index (χ0) is 21.6. The van der Waals surface area contributed by atoms with Gasteiger partial charge in [0.15, 0.2) is 0 Å². The summed E-state index contributed by atoms with van der Waals surface area (Å²) in [6.07, 6.45) is 0.843. The monoisotopic (exact) mass is 433 g/mol. The second kappa shape index (κ2) is 9.57. The van der Waals surface area contributed by atoms with Crippen LogP contribution in [-0.4, -0.2) is 28.5 Å². The Hall–Kier alpha value is -3.45. The number of nitrogens with zero attached hydrogens (tertiary/aromatic N) is 2. The van der Waals surface area contributed by atoms with Gasteiger partial charge in [0.25, 0.3) is 0 Å². The van der Waals surface area contributed by atoms with Gasteiger partial charge in [-0.25, -0.2) is 4.98 Å². The number of benzene rings is 2. The molecule has 2 heterocycles. The zero-order valence-electron chi connectivity index (χ0n) is 17.2. The summed E-state index contributed by atoms with van der Waals surface area (Å²) in [7, 11) is 1.35. The number of thiophene rings is 1. The molecule has 7 heteroatoms. The Kier molecular flexibility index (Phi) is 6.43. The molecule has 6 nitrogen and oxygen atoms in total. The number of carbonyl (C=O) groups excluding carboxylic acids is 2. The number of imidazole rings is 1. The van der Waals surface area contributed by atoms with Gasteiger partial charge in [-0.2, -0.15) is 0 Å². The fourth-order valence-electron chi connectivity index (χ4n) is 3.56. The Balaban J connectivity index is 1.52. The van der Waals surface area contributed by atoms with Gasteiger partial charge in [-0.05, 0) is 35.7 Å². The van der Waals surface area contributed by atoms with Crippen LogP contribution >= 0.6 is 11.3 Å². The number of fused-ring (bicyclic) bond motifs is 1. The molecule has 1 atom stereocenters. The average Bonchev–Trinajstić information content (AvgIpc) is 3.45. The summed E-state index contributed by atoms with van der Waals surface area (Å²) in [5.41, 5.74) is 2.91. The van der Waals surface area contributed by atoms with E-state index in [1.165, 1.54) is 18.4 Å². The predicted octanol–water partition coefficient (Wildman–Crippen LogP) is 4.44. The van der Waals surface area contributed by atoms with Crippen molar-refractivity contribution in [3.8, 4) is 5.69 Å². The SMILES string of the molecule is COC(=O)CC(NC(=O)CCc1nc2ccccc2n1-c1ccccc1)c1cccs1. The van der Waals surface area contributed by atoms with Crippen LogP contribution < -0.4 is 5.32 Å². The number of hydrogen-bond acceptors (Lipinski definition) is 5. The molecule has 0 radical (unpaired) electrons. The van der Waals surface area contributed by atoms with Crippen molar-refractivity contribution in [2.45, 2.75) is 25.3 Å². The standard InChI is InChI=1S/C24H23N3O3S/c1-30-24(29)16-19(21-12-7-15-31-21)26-23(28)14-13-22-25-18-10-5-6-11-20(18)27(22)17-8-3-2-4-9-17/h2-12,15,19H,13-14,16H2,1H3,(H,26,28). The van der Waals surface area contributed by atoms with Crippen LogP contribution in [0.25, 0.3) is 16.7 Å². The van der Waals surface area contributed by atoms with Crippen molar-refractivity contribution >= 4 is 34.2 Å². The molecule has 1 unspecified atom stereocenters. The van der Waals surface area contributed by atoms with Gasteiger partial charge in [0.2, 0.25) is 5.91 Å². The number of para-hydroxylation sites is 3. The number of amides is 1. The minimum Gasteiger partial charge on any atom is -0.469 e. The molecular formula is C24H23N3O3S. The van der Waals surface area contributed by atoms with Crippen LogP contribution in [0.15, 0.2) is 72.1 Å². The van der Waals surface area contributed by atoms with E-state index < -0.39 is 6.04 Å². The van der Waals surface area contributed by atoms with E-state index in [-0.39, 0.29) is 24.7 Å². The zero-order valence-corrected chi connectivity index (χ0v) is 18.0. The summed E-state index contributed by atoms with van der Waals surface area (Å²) >= 11 is 1.50. The lowest BCUT2D eigenvalue weighted by atomic mass is 10.1. The molecule has 158 valence electrons. The third kappa shape index (κ3) is 4.83. The van der Waals surface area contributed by atoms with Crippen LogP contribution in [0.5, 0.6) is 0 Å². The number of nitrogens with one attached hydrogen (secondary N) is 1. The van der Waals surface area contributed by atoms with Crippen molar-refractivity contribution in [1.29, 1.82) is 0 Å². The largest absolute Gasteiger partial charge is 0.469 e. The van der Waals surface area contributed by atoms with Crippen molar-refractivity contribution in [2.75, 3.05) is 7.11 Å². The number of rotatable bonds is 8. The number of ether oxygens (including phenoxy) is 1. The maximum Gasteiger partial charge on any atom is 0.307 e. The lowest BCUT2D eigenvalue weighted by molar-refractivity contribution is -0.141. The van der Waals surface area contributed by atoms with Crippen molar-refractivity contribution in [3.63, 3.8) is 0 Å². The molecule has 4 aromatic rings. The molecule has 1 amide bonds. The molecule has 0 bridgehead atoms. The number of esters is 1. The summed E-state index contributed by atoms with van der Waals surface area (Å²) in [5.74, 6) is 0.335. The van der Waals surface area contributed by atoms with E-state index in [4.69, 9.17) is 9.72 Å². The van der Waals surface area contributed by atoms with E-state index in [1.54, 1.807) is 0 Å². The van der Waals surface area contributed by atoms with Crippen LogP contribution in [0.4, 0.5) is 0 Å². The van der Waals surface area contributed by atoms with E-state index in [0.29, 0.717) is 6.42 Å². The third-order valence-electron chi connectivity index (χ3n) is 5.04. The highest BCUT2D eigenvalue weighted by Crippen LogP contribution is 2.24. The molecule has 4 rings (SSSR count). The summed E-state index contributed by atoms with van der Waals surface area (Å²) in [5, 5.41) is 4.91. The molecule has 0 saturated heterocycles. The molecule has 0 aliphatic rings. The molecule has 2 aromatic carbocycles. The van der Waals surface area contributed by atoms with Crippen LogP contribution in [-0.2, 0) is 20.7 Å². The number of aryl methyl sites for hydroxylation is 1. The fourth-order valence-corrected chi connectivity index (χ4v) is 4.34. The van der Waals surface area contributed by atoms with Crippen molar-refractivity contribution in [2.24, 2.45) is 0 Å². The third-order valence-corrected chi connectivity index (χ3v) is 6.03. The molecular weight excluding hydrogens is 410 g/mol. The van der Waals surface area contributed by atoms with E-state index in [9.17, 15) is 9.59 Å². The van der Waals surface area contributed by atoms with Gasteiger partial charge < -0.3 is 10.1 Å². The minimum absolute atomic E-state index is 0.102. The highest BCUT2D eigenvalue weighted by molar-refractivity contribution is 7.10. The predicted molar refractivity (Wildman–Crippen MR) is 121 cm³/mol. The number of methoxy groups -OCH3 is 1. The van der Waals surface area contributed by atoms with Crippen LogP contribution in [0.2, 0.25) is 0 Å². The maximum atomic E-state index is 12.8. The molecule has 0 fully saturated rings. The van der Waals surface area contributed by atoms with Gasteiger partial charge in [-0.15, -0.1) is 11.3 Å². The van der Waals surface area contributed by atoms with E-state index in [1.807, 2.05) is 72.1 Å². The molecule has 31 heavy (non-hydrogen) atoms. The first-order valence-corrected chi connectivity index (χ1v) is 10.9. The van der Waals surface area contributed by atoms with Gasteiger partial charge in [-0.1, -0.05) is 36.4 Å². The molecule has 0 aliphatic carbocycles.